The number of amides is 1. The standard InChI is InChI=1S/C18H20N4O2/c1-12-7-6-10-22-15(12)19-16-13(17(22)23)11-14(20(16)2)18(24)21-8-4-3-5-9-21/h6-7,10-11H,3-5,8-9H2,1-2H3. The van der Waals surface area contributed by atoms with Gasteiger partial charge in [0.05, 0.1) is 5.39 Å². The van der Waals surface area contributed by atoms with E-state index in [1.54, 1.807) is 28.3 Å². The predicted molar refractivity (Wildman–Crippen MR) is 92.4 cm³/mol. The van der Waals surface area contributed by atoms with Gasteiger partial charge in [0.2, 0.25) is 0 Å². The maximum Gasteiger partial charge on any atom is 0.270 e. The Bertz CT molecular complexity index is 1010. The molecule has 1 aliphatic heterocycles. The van der Waals surface area contributed by atoms with Crippen LogP contribution < -0.4 is 5.56 Å². The SMILES string of the molecule is Cc1cccn2c(=O)c3cc(C(=O)N4CCCCC4)n(C)c3nc12. The first-order valence-electron chi connectivity index (χ1n) is 8.34. The van der Waals surface area contributed by atoms with Crippen molar-refractivity contribution in [1.82, 2.24) is 18.9 Å². The van der Waals surface area contributed by atoms with Crippen molar-refractivity contribution in [1.29, 1.82) is 0 Å². The predicted octanol–water partition coefficient (Wildman–Crippen LogP) is 2.12. The molecule has 0 N–H and O–H groups in total. The van der Waals surface area contributed by atoms with E-state index < -0.39 is 0 Å². The van der Waals surface area contributed by atoms with Crippen molar-refractivity contribution in [2.24, 2.45) is 7.05 Å². The van der Waals surface area contributed by atoms with Crippen LogP contribution in [0.3, 0.4) is 0 Å². The van der Waals surface area contributed by atoms with Crippen LogP contribution >= 0.6 is 0 Å². The summed E-state index contributed by atoms with van der Waals surface area (Å²) in [7, 11) is 1.81. The van der Waals surface area contributed by atoms with Gasteiger partial charge in [-0.15, -0.1) is 0 Å². The summed E-state index contributed by atoms with van der Waals surface area (Å²) in [5.41, 5.74) is 2.53. The first-order chi connectivity index (χ1) is 11.6. The zero-order valence-corrected chi connectivity index (χ0v) is 14.0. The summed E-state index contributed by atoms with van der Waals surface area (Å²) in [6.07, 6.45) is 4.97. The second kappa shape index (κ2) is 5.47. The molecular weight excluding hydrogens is 304 g/mol. The molecule has 0 bridgehead atoms. The lowest BCUT2D eigenvalue weighted by Gasteiger charge is -2.26. The van der Waals surface area contributed by atoms with Crippen LogP contribution in [-0.2, 0) is 7.05 Å². The van der Waals surface area contributed by atoms with E-state index in [0.717, 1.165) is 31.5 Å². The zero-order chi connectivity index (χ0) is 16.8. The summed E-state index contributed by atoms with van der Waals surface area (Å²) in [5.74, 6) is -0.0135. The highest BCUT2D eigenvalue weighted by Crippen LogP contribution is 2.19. The normalized spacial score (nSPS) is 15.3. The molecule has 1 amide bonds. The number of hydrogen-bond acceptors (Lipinski definition) is 3. The lowest BCUT2D eigenvalue weighted by atomic mass is 10.1. The Balaban J connectivity index is 1.92. The van der Waals surface area contributed by atoms with Crippen molar-refractivity contribution < 1.29 is 4.79 Å². The third kappa shape index (κ3) is 2.13. The van der Waals surface area contributed by atoms with Gasteiger partial charge < -0.3 is 9.47 Å². The molecule has 4 heterocycles. The fraction of sp³-hybridized carbons (Fsp3) is 0.389. The van der Waals surface area contributed by atoms with Gasteiger partial charge in [0.15, 0.2) is 0 Å². The molecule has 1 aliphatic rings. The van der Waals surface area contributed by atoms with E-state index in [0.29, 0.717) is 22.4 Å². The molecule has 0 aromatic carbocycles. The maximum absolute atomic E-state index is 12.8. The molecule has 1 fully saturated rings. The molecule has 0 radical (unpaired) electrons. The van der Waals surface area contributed by atoms with Crippen LogP contribution in [0, 0.1) is 6.92 Å². The van der Waals surface area contributed by atoms with Crippen LogP contribution in [0.2, 0.25) is 0 Å². The lowest BCUT2D eigenvalue weighted by Crippen LogP contribution is -2.36. The number of hydrogen-bond donors (Lipinski definition) is 0. The summed E-state index contributed by atoms with van der Waals surface area (Å²) in [6.45, 7) is 3.50. The van der Waals surface area contributed by atoms with Crippen molar-refractivity contribution in [3.63, 3.8) is 0 Å². The van der Waals surface area contributed by atoms with Gasteiger partial charge in [-0.2, -0.15) is 0 Å². The van der Waals surface area contributed by atoms with Gasteiger partial charge >= 0.3 is 0 Å². The second-order valence-electron chi connectivity index (χ2n) is 6.48. The highest BCUT2D eigenvalue weighted by molar-refractivity contribution is 5.98. The number of fused-ring (bicyclic) bond motifs is 2. The molecule has 4 rings (SSSR count). The van der Waals surface area contributed by atoms with Crippen molar-refractivity contribution in [2.75, 3.05) is 13.1 Å². The molecule has 3 aromatic rings. The van der Waals surface area contributed by atoms with E-state index in [4.69, 9.17) is 0 Å². The average Bonchev–Trinajstić information content (AvgIpc) is 2.94. The summed E-state index contributed by atoms with van der Waals surface area (Å²) in [4.78, 5) is 32.1. The molecule has 0 aliphatic carbocycles. The number of nitrogens with zero attached hydrogens (tertiary/aromatic N) is 4. The van der Waals surface area contributed by atoms with Gasteiger partial charge in [-0.05, 0) is 43.9 Å². The summed E-state index contributed by atoms with van der Waals surface area (Å²) in [5, 5.41) is 0.487. The highest BCUT2D eigenvalue weighted by atomic mass is 16.2. The van der Waals surface area contributed by atoms with E-state index in [-0.39, 0.29) is 11.5 Å². The maximum atomic E-state index is 12.8. The Kier molecular flexibility index (Phi) is 3.40. The number of carbonyl (C=O) groups is 1. The van der Waals surface area contributed by atoms with Gasteiger partial charge in [0, 0.05) is 26.3 Å². The van der Waals surface area contributed by atoms with Crippen LogP contribution in [-0.4, -0.2) is 37.8 Å². The quantitative estimate of drug-likeness (QED) is 0.689. The lowest BCUT2D eigenvalue weighted by molar-refractivity contribution is 0.0715. The van der Waals surface area contributed by atoms with Gasteiger partial charge in [-0.3, -0.25) is 14.0 Å². The molecule has 0 spiro atoms. The molecule has 0 atom stereocenters. The Labute approximate surface area is 139 Å². The Morgan fingerprint density at radius 3 is 2.67 bits per heavy atom. The Morgan fingerprint density at radius 1 is 1.17 bits per heavy atom. The van der Waals surface area contributed by atoms with Crippen molar-refractivity contribution >= 4 is 22.6 Å². The topological polar surface area (TPSA) is 59.6 Å². The smallest absolute Gasteiger partial charge is 0.270 e. The Hall–Kier alpha value is -2.63. The highest BCUT2D eigenvalue weighted by Gasteiger charge is 2.23. The van der Waals surface area contributed by atoms with E-state index in [1.807, 2.05) is 24.0 Å². The minimum absolute atomic E-state index is 0.0135. The number of piperidine rings is 1. The number of carbonyl (C=O) groups excluding carboxylic acids is 1. The molecule has 0 unspecified atom stereocenters. The van der Waals surface area contributed by atoms with Crippen LogP contribution in [0.25, 0.3) is 16.7 Å². The van der Waals surface area contributed by atoms with Crippen LogP contribution in [0.1, 0.15) is 35.3 Å². The van der Waals surface area contributed by atoms with Crippen molar-refractivity contribution in [2.45, 2.75) is 26.2 Å². The molecular formula is C18H20N4O2. The van der Waals surface area contributed by atoms with Crippen molar-refractivity contribution in [3.05, 3.63) is 46.0 Å². The van der Waals surface area contributed by atoms with E-state index in [2.05, 4.69) is 4.98 Å². The summed E-state index contributed by atoms with van der Waals surface area (Å²) in [6, 6.07) is 5.45. The summed E-state index contributed by atoms with van der Waals surface area (Å²) < 4.78 is 3.30. The molecule has 6 nitrogen and oxygen atoms in total. The third-order valence-electron chi connectivity index (χ3n) is 4.89. The largest absolute Gasteiger partial charge is 0.337 e. The Morgan fingerprint density at radius 2 is 1.92 bits per heavy atom. The number of aryl methyl sites for hydroxylation is 2. The van der Waals surface area contributed by atoms with E-state index in [9.17, 15) is 9.59 Å². The molecule has 124 valence electrons. The van der Waals surface area contributed by atoms with Gasteiger partial charge in [0.1, 0.15) is 17.0 Å². The molecule has 0 saturated carbocycles. The monoisotopic (exact) mass is 324 g/mol. The van der Waals surface area contributed by atoms with Gasteiger partial charge in [0.25, 0.3) is 11.5 Å². The minimum Gasteiger partial charge on any atom is -0.337 e. The number of likely N-dealkylation sites (tertiary alicyclic amines) is 1. The fourth-order valence-corrected chi connectivity index (χ4v) is 3.49. The number of rotatable bonds is 1. The number of aromatic nitrogens is 3. The number of pyridine rings is 1. The van der Waals surface area contributed by atoms with Crippen LogP contribution in [0.4, 0.5) is 0 Å². The van der Waals surface area contributed by atoms with Crippen LogP contribution in [0.5, 0.6) is 0 Å². The first kappa shape index (κ1) is 14.9. The average molecular weight is 324 g/mol. The fourth-order valence-electron chi connectivity index (χ4n) is 3.49. The molecule has 1 saturated heterocycles. The van der Waals surface area contributed by atoms with Gasteiger partial charge in [-0.25, -0.2) is 4.98 Å². The minimum atomic E-state index is -0.132. The third-order valence-corrected chi connectivity index (χ3v) is 4.89. The first-order valence-corrected chi connectivity index (χ1v) is 8.34. The second-order valence-corrected chi connectivity index (χ2v) is 6.48. The molecule has 3 aromatic heterocycles. The summed E-state index contributed by atoms with van der Waals surface area (Å²) >= 11 is 0. The van der Waals surface area contributed by atoms with Gasteiger partial charge in [-0.1, -0.05) is 6.07 Å². The van der Waals surface area contributed by atoms with E-state index >= 15 is 0 Å². The molecule has 6 heteroatoms. The zero-order valence-electron chi connectivity index (χ0n) is 14.0. The van der Waals surface area contributed by atoms with E-state index in [1.165, 1.54) is 6.42 Å². The van der Waals surface area contributed by atoms with Crippen LogP contribution in [0.15, 0.2) is 29.2 Å². The molecule has 24 heavy (non-hydrogen) atoms. The van der Waals surface area contributed by atoms with Crippen molar-refractivity contribution in [3.8, 4) is 0 Å².